The Bertz CT molecular complexity index is 1030. The summed E-state index contributed by atoms with van der Waals surface area (Å²) in [6.07, 6.45) is 1.64. The van der Waals surface area contributed by atoms with Gasteiger partial charge < -0.3 is 14.8 Å². The van der Waals surface area contributed by atoms with E-state index in [0.717, 1.165) is 5.69 Å². The van der Waals surface area contributed by atoms with E-state index in [9.17, 15) is 13.6 Å². The van der Waals surface area contributed by atoms with E-state index in [1.807, 2.05) is 6.92 Å². The van der Waals surface area contributed by atoms with Gasteiger partial charge in [0.1, 0.15) is 6.67 Å². The summed E-state index contributed by atoms with van der Waals surface area (Å²) < 4.78 is 37.4. The van der Waals surface area contributed by atoms with E-state index in [1.54, 1.807) is 28.6 Å². The summed E-state index contributed by atoms with van der Waals surface area (Å²) in [4.78, 5) is 12.4. The Hall–Kier alpha value is -3.14. The molecule has 0 fully saturated rings. The lowest BCUT2D eigenvalue weighted by Gasteiger charge is -2.11. The first-order chi connectivity index (χ1) is 13.8. The van der Waals surface area contributed by atoms with Crippen LogP contribution in [0, 0.1) is 13.8 Å². The zero-order valence-corrected chi connectivity index (χ0v) is 16.6. The highest BCUT2D eigenvalue weighted by Gasteiger charge is 2.15. The monoisotopic (exact) mass is 425 g/mol. The summed E-state index contributed by atoms with van der Waals surface area (Å²) in [7, 11) is 1.31. The highest BCUT2D eigenvalue weighted by atomic mass is 35.5. The number of nitrogens with one attached hydrogen (secondary N) is 1. The number of hydrogen-bond acceptors (Lipinski definition) is 5. The zero-order valence-electron chi connectivity index (χ0n) is 15.8. The van der Waals surface area contributed by atoms with Crippen LogP contribution < -0.4 is 14.8 Å². The number of aryl methyl sites for hydroxylation is 1. The number of benzene rings is 1. The fourth-order valence-corrected chi connectivity index (χ4v) is 2.78. The number of aromatic nitrogens is 4. The second kappa shape index (κ2) is 8.48. The molecule has 0 spiro atoms. The van der Waals surface area contributed by atoms with Gasteiger partial charge in [-0.1, -0.05) is 11.6 Å². The largest absolute Gasteiger partial charge is 0.493 e. The van der Waals surface area contributed by atoms with Crippen LogP contribution in [0.2, 0.25) is 5.02 Å². The van der Waals surface area contributed by atoms with Crippen LogP contribution in [-0.2, 0) is 6.67 Å². The van der Waals surface area contributed by atoms with Gasteiger partial charge >= 0.3 is 6.61 Å². The first-order valence-electron chi connectivity index (χ1n) is 8.45. The Balaban J connectivity index is 1.71. The third-order valence-electron chi connectivity index (χ3n) is 4.08. The molecule has 3 aromatic rings. The van der Waals surface area contributed by atoms with E-state index < -0.39 is 12.5 Å². The number of methoxy groups -OCH3 is 1. The lowest BCUT2D eigenvalue weighted by atomic mass is 10.2. The van der Waals surface area contributed by atoms with Crippen LogP contribution in [0.25, 0.3) is 0 Å². The number of halogens is 3. The topological polar surface area (TPSA) is 83.2 Å². The van der Waals surface area contributed by atoms with E-state index in [-0.39, 0.29) is 17.2 Å². The Morgan fingerprint density at radius 1 is 1.24 bits per heavy atom. The molecule has 11 heteroatoms. The van der Waals surface area contributed by atoms with Gasteiger partial charge in [0.15, 0.2) is 17.2 Å². The number of anilines is 1. The van der Waals surface area contributed by atoms with E-state index in [0.29, 0.717) is 23.1 Å². The summed E-state index contributed by atoms with van der Waals surface area (Å²) in [5, 5.41) is 11.8. The SMILES string of the molecule is COc1cc(NC(=O)c2ccn(Cn3nc(C)c(Cl)c3C)n2)ccc1OC(F)F. The van der Waals surface area contributed by atoms with Crippen molar-refractivity contribution in [1.29, 1.82) is 0 Å². The molecule has 0 radical (unpaired) electrons. The molecule has 0 saturated carbocycles. The van der Waals surface area contributed by atoms with E-state index in [4.69, 9.17) is 16.3 Å². The summed E-state index contributed by atoms with van der Waals surface area (Å²) in [6.45, 7) is 0.957. The molecule has 3 rings (SSSR count). The van der Waals surface area contributed by atoms with Crippen molar-refractivity contribution < 1.29 is 23.0 Å². The minimum atomic E-state index is -2.98. The van der Waals surface area contributed by atoms with Gasteiger partial charge in [-0.2, -0.15) is 19.0 Å². The maximum Gasteiger partial charge on any atom is 0.387 e. The van der Waals surface area contributed by atoms with Crippen LogP contribution >= 0.6 is 11.6 Å². The van der Waals surface area contributed by atoms with Crippen molar-refractivity contribution in [2.45, 2.75) is 27.1 Å². The lowest BCUT2D eigenvalue weighted by Crippen LogP contribution is -2.16. The number of carbonyl (C=O) groups is 1. The first-order valence-corrected chi connectivity index (χ1v) is 8.83. The number of amides is 1. The molecule has 0 atom stereocenters. The maximum atomic E-state index is 12.4. The fourth-order valence-electron chi connectivity index (χ4n) is 2.65. The van der Waals surface area contributed by atoms with Crippen molar-refractivity contribution >= 4 is 23.2 Å². The second-order valence-electron chi connectivity index (χ2n) is 6.06. The third-order valence-corrected chi connectivity index (χ3v) is 4.63. The number of rotatable bonds is 7. The molecule has 29 heavy (non-hydrogen) atoms. The van der Waals surface area contributed by atoms with Gasteiger partial charge in [0, 0.05) is 18.0 Å². The first kappa shape index (κ1) is 20.6. The lowest BCUT2D eigenvalue weighted by molar-refractivity contribution is -0.0512. The van der Waals surface area contributed by atoms with Crippen molar-refractivity contribution in [3.63, 3.8) is 0 Å². The van der Waals surface area contributed by atoms with Crippen LogP contribution in [-0.4, -0.2) is 39.2 Å². The van der Waals surface area contributed by atoms with Gasteiger partial charge in [-0.3, -0.25) is 9.48 Å². The number of nitrogens with zero attached hydrogens (tertiary/aromatic N) is 4. The Kier molecular flexibility index (Phi) is 6.02. The van der Waals surface area contributed by atoms with Crippen LogP contribution in [0.15, 0.2) is 30.5 Å². The Morgan fingerprint density at radius 3 is 2.62 bits per heavy atom. The van der Waals surface area contributed by atoms with Gasteiger partial charge in [-0.05, 0) is 32.0 Å². The van der Waals surface area contributed by atoms with Crippen molar-refractivity contribution in [2.24, 2.45) is 0 Å². The van der Waals surface area contributed by atoms with E-state index in [1.165, 1.54) is 25.3 Å². The smallest absolute Gasteiger partial charge is 0.387 e. The van der Waals surface area contributed by atoms with Crippen molar-refractivity contribution in [2.75, 3.05) is 12.4 Å². The number of carbonyl (C=O) groups excluding carboxylic acids is 1. The van der Waals surface area contributed by atoms with Gasteiger partial charge in [0.25, 0.3) is 5.91 Å². The molecular weight excluding hydrogens is 408 g/mol. The Labute approximate surface area is 170 Å². The molecule has 1 amide bonds. The molecule has 1 N–H and O–H groups in total. The zero-order chi connectivity index (χ0) is 21.1. The van der Waals surface area contributed by atoms with E-state index in [2.05, 4.69) is 20.3 Å². The quantitative estimate of drug-likeness (QED) is 0.623. The minimum Gasteiger partial charge on any atom is -0.493 e. The summed E-state index contributed by atoms with van der Waals surface area (Å²) >= 11 is 6.14. The van der Waals surface area contributed by atoms with Crippen molar-refractivity contribution in [3.8, 4) is 11.5 Å². The molecule has 8 nitrogen and oxygen atoms in total. The molecule has 154 valence electrons. The molecule has 0 bridgehead atoms. The van der Waals surface area contributed by atoms with E-state index >= 15 is 0 Å². The van der Waals surface area contributed by atoms with Gasteiger partial charge in [0.05, 0.1) is 23.5 Å². The van der Waals surface area contributed by atoms with Gasteiger partial charge in [-0.15, -0.1) is 0 Å². The molecule has 1 aromatic carbocycles. The normalized spacial score (nSPS) is 11.0. The molecule has 2 aromatic heterocycles. The molecule has 0 aliphatic carbocycles. The summed E-state index contributed by atoms with van der Waals surface area (Å²) in [5.41, 5.74) is 2.02. The minimum absolute atomic E-state index is 0.0648. The van der Waals surface area contributed by atoms with Crippen molar-refractivity contribution in [3.05, 3.63) is 52.6 Å². The molecule has 0 aliphatic rings. The van der Waals surface area contributed by atoms with Crippen molar-refractivity contribution in [1.82, 2.24) is 19.6 Å². The highest BCUT2D eigenvalue weighted by Crippen LogP contribution is 2.31. The summed E-state index contributed by atoms with van der Waals surface area (Å²) in [5.74, 6) is -0.539. The third kappa shape index (κ3) is 4.65. The predicted molar refractivity (Wildman–Crippen MR) is 102 cm³/mol. The molecular formula is C18H18ClF2N5O3. The maximum absolute atomic E-state index is 12.4. The average molecular weight is 426 g/mol. The Morgan fingerprint density at radius 2 is 2.00 bits per heavy atom. The number of hydrogen-bond donors (Lipinski definition) is 1. The molecule has 0 aliphatic heterocycles. The van der Waals surface area contributed by atoms with Gasteiger partial charge in [0.2, 0.25) is 0 Å². The molecule has 2 heterocycles. The molecule has 0 unspecified atom stereocenters. The highest BCUT2D eigenvalue weighted by molar-refractivity contribution is 6.31. The van der Waals surface area contributed by atoms with Crippen LogP contribution in [0.4, 0.5) is 14.5 Å². The second-order valence-corrected chi connectivity index (χ2v) is 6.44. The number of ether oxygens (including phenoxy) is 2. The molecule has 0 saturated heterocycles. The van der Waals surface area contributed by atoms with Crippen LogP contribution in [0.5, 0.6) is 11.5 Å². The average Bonchev–Trinajstić information content (AvgIpc) is 3.24. The predicted octanol–water partition coefficient (Wildman–Crippen LogP) is 3.72. The van der Waals surface area contributed by atoms with Gasteiger partial charge in [-0.25, -0.2) is 4.68 Å². The van der Waals surface area contributed by atoms with Crippen LogP contribution in [0.3, 0.4) is 0 Å². The number of alkyl halides is 2. The van der Waals surface area contributed by atoms with Crippen LogP contribution in [0.1, 0.15) is 21.9 Å². The standard InChI is InChI=1S/C18H18ClF2N5O3/c1-10-16(19)11(2)26(23-10)9-25-7-6-13(24-25)17(27)22-12-4-5-14(29-18(20)21)15(8-12)28-3/h4-8,18H,9H2,1-3H3,(H,22,27). The summed E-state index contributed by atoms with van der Waals surface area (Å²) in [6, 6.07) is 5.64. The fraction of sp³-hybridized carbons (Fsp3) is 0.278.